The minimum absolute atomic E-state index is 0.238. The molecule has 1 rings (SSSR count). The van der Waals surface area contributed by atoms with Gasteiger partial charge in [-0.3, -0.25) is 0 Å². The standard InChI is InChI=1S/C7H12O2/c8-4-6-1-2-7(3-6)5-9/h4,6-7,9H,1-3,5H2/t6-,7+/m0/s1. The van der Waals surface area contributed by atoms with E-state index in [-0.39, 0.29) is 12.5 Å². The van der Waals surface area contributed by atoms with Crippen molar-refractivity contribution in [3.63, 3.8) is 0 Å². The van der Waals surface area contributed by atoms with Gasteiger partial charge in [-0.15, -0.1) is 0 Å². The number of carbonyl (C=O) groups is 1. The van der Waals surface area contributed by atoms with Crippen LogP contribution in [-0.2, 0) is 4.79 Å². The van der Waals surface area contributed by atoms with Crippen LogP contribution >= 0.6 is 0 Å². The molecule has 2 heteroatoms. The first-order valence-corrected chi connectivity index (χ1v) is 3.43. The number of aliphatic hydroxyl groups excluding tert-OH is 1. The highest BCUT2D eigenvalue weighted by atomic mass is 16.3. The molecule has 0 radical (unpaired) electrons. The van der Waals surface area contributed by atoms with E-state index in [0.717, 1.165) is 25.5 Å². The molecule has 1 saturated carbocycles. The summed E-state index contributed by atoms with van der Waals surface area (Å²) in [7, 11) is 0. The zero-order chi connectivity index (χ0) is 6.69. The molecule has 0 unspecified atom stereocenters. The van der Waals surface area contributed by atoms with E-state index in [1.54, 1.807) is 0 Å². The zero-order valence-corrected chi connectivity index (χ0v) is 5.42. The van der Waals surface area contributed by atoms with Crippen LogP contribution in [0.15, 0.2) is 0 Å². The van der Waals surface area contributed by atoms with Crippen LogP contribution in [-0.4, -0.2) is 18.0 Å². The Hall–Kier alpha value is -0.370. The van der Waals surface area contributed by atoms with Crippen LogP contribution in [0.3, 0.4) is 0 Å². The van der Waals surface area contributed by atoms with Gasteiger partial charge in [-0.25, -0.2) is 0 Å². The number of aliphatic hydroxyl groups is 1. The van der Waals surface area contributed by atoms with E-state index in [9.17, 15) is 4.79 Å². The second kappa shape index (κ2) is 2.97. The van der Waals surface area contributed by atoms with Crippen molar-refractivity contribution < 1.29 is 9.90 Å². The molecule has 0 bridgehead atoms. The molecule has 1 N–H and O–H groups in total. The Morgan fingerprint density at radius 2 is 2.33 bits per heavy atom. The first kappa shape index (κ1) is 6.75. The highest BCUT2D eigenvalue weighted by molar-refractivity contribution is 5.53. The predicted octanol–water partition coefficient (Wildman–Crippen LogP) is 0.594. The summed E-state index contributed by atoms with van der Waals surface area (Å²) >= 11 is 0. The van der Waals surface area contributed by atoms with Gasteiger partial charge in [0.25, 0.3) is 0 Å². The normalized spacial score (nSPS) is 34.8. The lowest BCUT2D eigenvalue weighted by molar-refractivity contribution is -0.111. The number of hydrogen-bond donors (Lipinski definition) is 1. The average molecular weight is 128 g/mol. The Bertz CT molecular complexity index is 101. The maximum atomic E-state index is 10.2. The van der Waals surface area contributed by atoms with Gasteiger partial charge in [-0.1, -0.05) is 0 Å². The summed E-state index contributed by atoms with van der Waals surface area (Å²) in [6.07, 6.45) is 3.92. The number of rotatable bonds is 2. The molecule has 0 heterocycles. The predicted molar refractivity (Wildman–Crippen MR) is 34.0 cm³/mol. The highest BCUT2D eigenvalue weighted by Gasteiger charge is 2.22. The van der Waals surface area contributed by atoms with Gasteiger partial charge < -0.3 is 9.90 Å². The number of carbonyl (C=O) groups excluding carboxylic acids is 1. The lowest BCUT2D eigenvalue weighted by Gasteiger charge is -2.00. The van der Waals surface area contributed by atoms with Crippen LogP contribution in [0.1, 0.15) is 19.3 Å². The van der Waals surface area contributed by atoms with Crippen LogP contribution in [0.2, 0.25) is 0 Å². The molecule has 2 nitrogen and oxygen atoms in total. The van der Waals surface area contributed by atoms with Gasteiger partial charge in [0.05, 0.1) is 0 Å². The summed E-state index contributed by atoms with van der Waals surface area (Å²) in [5.74, 6) is 0.641. The summed E-state index contributed by atoms with van der Waals surface area (Å²) < 4.78 is 0. The van der Waals surface area contributed by atoms with Gasteiger partial charge in [0.15, 0.2) is 0 Å². The van der Waals surface area contributed by atoms with Crippen molar-refractivity contribution in [2.24, 2.45) is 11.8 Å². The largest absolute Gasteiger partial charge is 0.396 e. The molecule has 0 saturated heterocycles. The van der Waals surface area contributed by atoms with E-state index >= 15 is 0 Å². The van der Waals surface area contributed by atoms with Crippen molar-refractivity contribution in [2.75, 3.05) is 6.61 Å². The Labute approximate surface area is 54.9 Å². The van der Waals surface area contributed by atoms with Crippen LogP contribution in [0.25, 0.3) is 0 Å². The Balaban J connectivity index is 2.28. The van der Waals surface area contributed by atoms with Crippen molar-refractivity contribution in [3.8, 4) is 0 Å². The second-order valence-electron chi connectivity index (χ2n) is 2.76. The molecule has 0 aromatic carbocycles. The highest BCUT2D eigenvalue weighted by Crippen LogP contribution is 2.28. The first-order chi connectivity index (χ1) is 4.36. The first-order valence-electron chi connectivity index (χ1n) is 3.43. The minimum Gasteiger partial charge on any atom is -0.396 e. The van der Waals surface area contributed by atoms with E-state index in [1.807, 2.05) is 0 Å². The van der Waals surface area contributed by atoms with Gasteiger partial charge in [-0.2, -0.15) is 0 Å². The molecule has 9 heavy (non-hydrogen) atoms. The third-order valence-electron chi connectivity index (χ3n) is 2.03. The maximum absolute atomic E-state index is 10.2. The second-order valence-corrected chi connectivity index (χ2v) is 2.76. The van der Waals surface area contributed by atoms with Crippen molar-refractivity contribution in [2.45, 2.75) is 19.3 Å². The third-order valence-corrected chi connectivity index (χ3v) is 2.03. The number of hydrogen-bond acceptors (Lipinski definition) is 2. The molecule has 0 amide bonds. The van der Waals surface area contributed by atoms with E-state index < -0.39 is 0 Å². The van der Waals surface area contributed by atoms with E-state index in [1.165, 1.54) is 0 Å². The fraction of sp³-hybridized carbons (Fsp3) is 0.857. The van der Waals surface area contributed by atoms with Crippen molar-refractivity contribution >= 4 is 6.29 Å². The average Bonchev–Trinajstić information content (AvgIpc) is 2.34. The summed E-state index contributed by atoms with van der Waals surface area (Å²) in [4.78, 5) is 10.2. The molecule has 1 aliphatic carbocycles. The SMILES string of the molecule is O=C[C@H]1CC[C@@H](CO)C1. The molecule has 0 aromatic rings. The van der Waals surface area contributed by atoms with Crippen molar-refractivity contribution in [3.05, 3.63) is 0 Å². The molecule has 1 fully saturated rings. The summed E-state index contributed by atoms with van der Waals surface area (Å²) in [5.41, 5.74) is 0. The quantitative estimate of drug-likeness (QED) is 0.553. The Morgan fingerprint density at radius 3 is 2.67 bits per heavy atom. The molecule has 0 aliphatic heterocycles. The molecular formula is C7H12O2. The molecular weight excluding hydrogens is 116 g/mol. The summed E-state index contributed by atoms with van der Waals surface area (Å²) in [5, 5.41) is 8.66. The van der Waals surface area contributed by atoms with Crippen LogP contribution in [0.4, 0.5) is 0 Å². The molecule has 1 aliphatic rings. The van der Waals surface area contributed by atoms with Gasteiger partial charge in [-0.05, 0) is 25.2 Å². The molecule has 0 aromatic heterocycles. The maximum Gasteiger partial charge on any atom is 0.123 e. The fourth-order valence-corrected chi connectivity index (χ4v) is 1.40. The summed E-state index contributed by atoms with van der Waals surface area (Å²) in [6.45, 7) is 0.254. The minimum atomic E-state index is 0.238. The fourth-order valence-electron chi connectivity index (χ4n) is 1.40. The zero-order valence-electron chi connectivity index (χ0n) is 5.42. The van der Waals surface area contributed by atoms with E-state index in [4.69, 9.17) is 5.11 Å². The number of aldehydes is 1. The monoisotopic (exact) mass is 128 g/mol. The molecule has 0 spiro atoms. The Morgan fingerprint density at radius 1 is 1.56 bits per heavy atom. The van der Waals surface area contributed by atoms with Gasteiger partial charge in [0.1, 0.15) is 6.29 Å². The third kappa shape index (κ3) is 1.52. The van der Waals surface area contributed by atoms with Crippen LogP contribution in [0.5, 0.6) is 0 Å². The van der Waals surface area contributed by atoms with Gasteiger partial charge >= 0.3 is 0 Å². The van der Waals surface area contributed by atoms with Gasteiger partial charge in [0.2, 0.25) is 0 Å². The lowest BCUT2D eigenvalue weighted by atomic mass is 10.1. The van der Waals surface area contributed by atoms with Crippen molar-refractivity contribution in [1.82, 2.24) is 0 Å². The molecule has 2 atom stereocenters. The summed E-state index contributed by atoms with van der Waals surface area (Å²) in [6, 6.07) is 0. The van der Waals surface area contributed by atoms with Crippen LogP contribution in [0, 0.1) is 11.8 Å². The van der Waals surface area contributed by atoms with E-state index in [2.05, 4.69) is 0 Å². The van der Waals surface area contributed by atoms with Crippen LogP contribution < -0.4 is 0 Å². The Kier molecular flexibility index (Phi) is 2.22. The lowest BCUT2D eigenvalue weighted by Crippen LogP contribution is -2.01. The van der Waals surface area contributed by atoms with E-state index in [0.29, 0.717) is 5.92 Å². The van der Waals surface area contributed by atoms with Crippen molar-refractivity contribution in [1.29, 1.82) is 0 Å². The topological polar surface area (TPSA) is 37.3 Å². The molecule has 52 valence electrons. The van der Waals surface area contributed by atoms with Gasteiger partial charge in [0, 0.05) is 12.5 Å². The smallest absolute Gasteiger partial charge is 0.123 e.